The van der Waals surface area contributed by atoms with E-state index in [0.29, 0.717) is 0 Å². The van der Waals surface area contributed by atoms with E-state index in [1.54, 1.807) is 0 Å². The summed E-state index contributed by atoms with van der Waals surface area (Å²) in [4.78, 5) is 9.90. The van der Waals surface area contributed by atoms with E-state index < -0.39 is 31.0 Å². The minimum Gasteiger partial charge on any atom is -0.412 e. The molecule has 0 aliphatic rings. The van der Waals surface area contributed by atoms with Crippen LogP contribution in [-0.2, 0) is 4.79 Å². The summed E-state index contributed by atoms with van der Waals surface area (Å²) in [6.45, 7) is -0.760. The van der Waals surface area contributed by atoms with Gasteiger partial charge in [-0.1, -0.05) is 0 Å². The maximum Gasteiger partial charge on any atom is 0.151 e. The molecule has 4 atom stereocenters. The van der Waals surface area contributed by atoms with Crippen LogP contribution < -0.4 is 0 Å². The predicted molar refractivity (Wildman–Crippen MR) is 46.5 cm³/mol. The Morgan fingerprint density at radius 1 is 1.07 bits per heavy atom. The Labute approximate surface area is 103 Å². The molecule has 81 valence electrons. The average molecular weight is 221 g/mol. The average Bonchev–Trinajstić information content (AvgIpc) is 2.12. The summed E-state index contributed by atoms with van der Waals surface area (Å²) in [5.74, 6) is 0. The van der Waals surface area contributed by atoms with Crippen molar-refractivity contribution in [3.05, 3.63) is 0 Å². The van der Waals surface area contributed by atoms with Crippen LogP contribution in [-0.4, -0.2) is 97.9 Å². The normalized spacial score (nSPS) is 18.1. The van der Waals surface area contributed by atoms with Gasteiger partial charge in [-0.3, -0.25) is 0 Å². The van der Waals surface area contributed by atoms with E-state index in [1.807, 2.05) is 0 Å². The van der Waals surface area contributed by atoms with Crippen molar-refractivity contribution in [3.8, 4) is 0 Å². The number of carbonyl (C=O) groups is 1. The molecule has 0 amide bonds. The van der Waals surface area contributed by atoms with Crippen molar-refractivity contribution < 1.29 is 35.8 Å². The molecule has 0 spiro atoms. The molecule has 0 unspecified atom stereocenters. The van der Waals surface area contributed by atoms with Crippen LogP contribution in [0.2, 0.25) is 0 Å². The topological polar surface area (TPSA) is 150 Å². The first-order valence-electron chi connectivity index (χ1n) is 3.33. The van der Waals surface area contributed by atoms with Crippen molar-refractivity contribution in [1.82, 2.24) is 0 Å². The summed E-state index contributed by atoms with van der Waals surface area (Å²) in [5, 5.41) is 43.5. The molecule has 0 aliphatic heterocycles. The van der Waals surface area contributed by atoms with E-state index in [2.05, 4.69) is 0 Å². The Balaban J connectivity index is -0.000000605. The largest absolute Gasteiger partial charge is 0.412 e. The Kier molecular flexibility index (Phi) is 14.2. The molecule has 7 nitrogen and oxygen atoms in total. The number of aliphatic hydroxyl groups is 5. The zero-order valence-electron chi connectivity index (χ0n) is 7.74. The smallest absolute Gasteiger partial charge is 0.151 e. The molecule has 7 N–H and O–H groups in total. The Hall–Kier alpha value is 0.430. The van der Waals surface area contributed by atoms with Gasteiger partial charge in [-0.15, -0.1) is 0 Å². The van der Waals surface area contributed by atoms with E-state index in [1.165, 1.54) is 0 Å². The zero-order chi connectivity index (χ0) is 9.72. The van der Waals surface area contributed by atoms with Crippen LogP contribution in [0.15, 0.2) is 0 Å². The third kappa shape index (κ3) is 6.02. The fraction of sp³-hybridized carbons (Fsp3) is 0.833. The first kappa shape index (κ1) is 19.9. The molecule has 0 aromatic rings. The van der Waals surface area contributed by atoms with Crippen molar-refractivity contribution >= 4 is 35.8 Å². The van der Waals surface area contributed by atoms with Crippen LogP contribution in [0.5, 0.6) is 0 Å². The van der Waals surface area contributed by atoms with Crippen molar-refractivity contribution in [2.75, 3.05) is 6.61 Å². The second kappa shape index (κ2) is 9.97. The van der Waals surface area contributed by atoms with Crippen LogP contribution in [0.4, 0.5) is 0 Å². The molecule has 0 aromatic heterocycles. The number of carbonyl (C=O) groups excluding carboxylic acids is 1. The molecule has 0 rings (SSSR count). The van der Waals surface area contributed by atoms with E-state index in [0.717, 1.165) is 0 Å². The van der Waals surface area contributed by atoms with Gasteiger partial charge in [0.05, 0.1) is 6.61 Å². The summed E-state index contributed by atoms with van der Waals surface area (Å²) in [6, 6.07) is 0. The van der Waals surface area contributed by atoms with Crippen molar-refractivity contribution in [1.29, 1.82) is 0 Å². The third-order valence-corrected chi connectivity index (χ3v) is 1.42. The fourth-order valence-corrected chi connectivity index (χ4v) is 0.618. The van der Waals surface area contributed by atoms with E-state index >= 15 is 0 Å². The van der Waals surface area contributed by atoms with Crippen molar-refractivity contribution in [2.24, 2.45) is 0 Å². The van der Waals surface area contributed by atoms with Crippen LogP contribution in [0, 0.1) is 0 Å². The van der Waals surface area contributed by atoms with Crippen LogP contribution >= 0.6 is 0 Å². The monoisotopic (exact) mass is 221 g/mol. The molecule has 0 fully saturated rings. The second-order valence-electron chi connectivity index (χ2n) is 2.36. The summed E-state index contributed by atoms with van der Waals surface area (Å²) in [6.07, 6.45) is -6.84. The maximum absolute atomic E-state index is 9.90. The second-order valence-corrected chi connectivity index (χ2v) is 2.36. The first-order chi connectivity index (χ1) is 5.54. The number of aliphatic hydroxyl groups excluding tert-OH is 5. The SMILES string of the molecule is O.O=C[C@H](O)[C@@H](O)[C@H](O)[C@H](O)CO.[Na]. The minimum absolute atomic E-state index is 0. The molecule has 8 heteroatoms. The van der Waals surface area contributed by atoms with Gasteiger partial charge in [-0.2, -0.15) is 0 Å². The molecule has 0 aliphatic carbocycles. The molecule has 0 bridgehead atoms. The standard InChI is InChI=1S/C6H12O6.Na.H2O/c7-1-3(9)5(11)6(12)4(10)2-8;;/h1,3-6,8-12H,2H2;;1H2/t3-,4+,5+,6+;;/m0../s1. The molecular formula is C6H14NaO7. The third-order valence-electron chi connectivity index (χ3n) is 1.42. The van der Waals surface area contributed by atoms with Crippen LogP contribution in [0.3, 0.4) is 0 Å². The van der Waals surface area contributed by atoms with Gasteiger partial charge in [-0.25, -0.2) is 0 Å². The summed E-state index contributed by atoms with van der Waals surface area (Å²) in [5.41, 5.74) is 0. The van der Waals surface area contributed by atoms with Gasteiger partial charge in [0.15, 0.2) is 6.29 Å². The quantitative estimate of drug-likeness (QED) is 0.233. The molecule has 0 saturated carbocycles. The summed E-state index contributed by atoms with van der Waals surface area (Å²) >= 11 is 0. The Bertz CT molecular complexity index is 144. The molecule has 14 heavy (non-hydrogen) atoms. The van der Waals surface area contributed by atoms with Gasteiger partial charge in [0, 0.05) is 29.6 Å². The van der Waals surface area contributed by atoms with Gasteiger partial charge in [0.25, 0.3) is 0 Å². The van der Waals surface area contributed by atoms with E-state index in [9.17, 15) is 4.79 Å². The number of aldehydes is 1. The molecule has 0 heterocycles. The van der Waals surface area contributed by atoms with Crippen molar-refractivity contribution in [3.63, 3.8) is 0 Å². The van der Waals surface area contributed by atoms with Crippen LogP contribution in [0.25, 0.3) is 0 Å². The molecule has 0 aromatic carbocycles. The number of hydrogen-bond acceptors (Lipinski definition) is 6. The number of hydrogen-bond donors (Lipinski definition) is 5. The van der Waals surface area contributed by atoms with E-state index in [-0.39, 0.29) is 41.3 Å². The Morgan fingerprint density at radius 3 is 1.79 bits per heavy atom. The minimum atomic E-state index is -1.79. The van der Waals surface area contributed by atoms with Crippen molar-refractivity contribution in [2.45, 2.75) is 24.4 Å². The van der Waals surface area contributed by atoms with Gasteiger partial charge in [0.2, 0.25) is 0 Å². The van der Waals surface area contributed by atoms with Crippen LogP contribution in [0.1, 0.15) is 0 Å². The van der Waals surface area contributed by atoms with E-state index in [4.69, 9.17) is 25.5 Å². The molecular weight excluding hydrogens is 207 g/mol. The first-order valence-corrected chi connectivity index (χ1v) is 3.33. The summed E-state index contributed by atoms with van der Waals surface area (Å²) < 4.78 is 0. The van der Waals surface area contributed by atoms with Gasteiger partial charge < -0.3 is 35.8 Å². The molecule has 1 radical (unpaired) electrons. The zero-order valence-corrected chi connectivity index (χ0v) is 9.74. The predicted octanol–water partition coefficient (Wildman–Crippen LogP) is -4.58. The summed E-state index contributed by atoms with van der Waals surface area (Å²) in [7, 11) is 0. The van der Waals surface area contributed by atoms with Gasteiger partial charge >= 0.3 is 0 Å². The number of rotatable bonds is 5. The maximum atomic E-state index is 9.90. The van der Waals surface area contributed by atoms with Gasteiger partial charge in [-0.05, 0) is 0 Å². The fourth-order valence-electron chi connectivity index (χ4n) is 0.618. The molecule has 0 saturated heterocycles. The van der Waals surface area contributed by atoms with Gasteiger partial charge in [0.1, 0.15) is 24.4 Å². The Morgan fingerprint density at radius 2 is 1.50 bits per heavy atom.